The predicted octanol–water partition coefficient (Wildman–Crippen LogP) is 2.25. The Morgan fingerprint density at radius 1 is 1.33 bits per heavy atom. The first-order valence-electron chi connectivity index (χ1n) is 7.65. The molecule has 1 aliphatic rings. The van der Waals surface area contributed by atoms with Crippen LogP contribution in [-0.4, -0.2) is 48.8 Å². The third kappa shape index (κ3) is 5.25. The normalized spacial score (nSPS) is 25.7. The summed E-state index contributed by atoms with van der Waals surface area (Å²) in [6.45, 7) is 8.21. The molecular formula is C15H32N2O. The fourth-order valence-corrected chi connectivity index (χ4v) is 2.83. The standard InChI is InChI=1S/C15H32N2O/c1-4-6-14-7-5-10-17(11-8-14)12-9-15(2,13-18)16-3/h14,16,18H,4-13H2,1-3H3. The zero-order valence-electron chi connectivity index (χ0n) is 12.5. The van der Waals surface area contributed by atoms with Crippen molar-refractivity contribution in [1.82, 2.24) is 10.2 Å². The second kappa shape index (κ2) is 8.13. The molecule has 2 unspecified atom stereocenters. The van der Waals surface area contributed by atoms with Crippen molar-refractivity contribution in [1.29, 1.82) is 0 Å². The monoisotopic (exact) mass is 256 g/mol. The number of likely N-dealkylation sites (tertiary alicyclic amines) is 1. The average molecular weight is 256 g/mol. The highest BCUT2D eigenvalue weighted by molar-refractivity contribution is 4.82. The molecule has 0 aromatic rings. The number of likely N-dealkylation sites (N-methyl/N-ethyl adjacent to an activating group) is 1. The highest BCUT2D eigenvalue weighted by atomic mass is 16.3. The summed E-state index contributed by atoms with van der Waals surface area (Å²) in [5.41, 5.74) is -0.116. The van der Waals surface area contributed by atoms with Gasteiger partial charge in [-0.3, -0.25) is 0 Å². The Bertz CT molecular complexity index is 217. The number of aliphatic hydroxyl groups is 1. The largest absolute Gasteiger partial charge is 0.394 e. The molecule has 0 bridgehead atoms. The minimum atomic E-state index is -0.116. The van der Waals surface area contributed by atoms with Crippen LogP contribution in [-0.2, 0) is 0 Å². The van der Waals surface area contributed by atoms with Gasteiger partial charge in [-0.25, -0.2) is 0 Å². The lowest BCUT2D eigenvalue weighted by Gasteiger charge is -2.30. The maximum absolute atomic E-state index is 9.40. The Morgan fingerprint density at radius 3 is 2.72 bits per heavy atom. The van der Waals surface area contributed by atoms with Crippen LogP contribution in [0.1, 0.15) is 52.4 Å². The van der Waals surface area contributed by atoms with Gasteiger partial charge in [-0.15, -0.1) is 0 Å². The van der Waals surface area contributed by atoms with Crippen molar-refractivity contribution < 1.29 is 5.11 Å². The fourth-order valence-electron chi connectivity index (χ4n) is 2.83. The summed E-state index contributed by atoms with van der Waals surface area (Å²) >= 11 is 0. The second-order valence-electron chi connectivity index (χ2n) is 6.15. The number of rotatable bonds is 7. The summed E-state index contributed by atoms with van der Waals surface area (Å²) < 4.78 is 0. The van der Waals surface area contributed by atoms with Gasteiger partial charge in [0.2, 0.25) is 0 Å². The summed E-state index contributed by atoms with van der Waals surface area (Å²) in [5, 5.41) is 12.6. The molecule has 2 atom stereocenters. The molecule has 3 heteroatoms. The van der Waals surface area contributed by atoms with Gasteiger partial charge in [0.25, 0.3) is 0 Å². The van der Waals surface area contributed by atoms with Crippen molar-refractivity contribution in [2.24, 2.45) is 5.92 Å². The lowest BCUT2D eigenvalue weighted by molar-refractivity contribution is 0.152. The first kappa shape index (κ1) is 15.9. The van der Waals surface area contributed by atoms with Gasteiger partial charge in [-0.1, -0.05) is 19.8 Å². The lowest BCUT2D eigenvalue weighted by atomic mass is 9.96. The molecule has 2 N–H and O–H groups in total. The predicted molar refractivity (Wildman–Crippen MR) is 77.9 cm³/mol. The van der Waals surface area contributed by atoms with Crippen LogP contribution in [0.15, 0.2) is 0 Å². The van der Waals surface area contributed by atoms with Gasteiger partial charge in [0.05, 0.1) is 6.61 Å². The van der Waals surface area contributed by atoms with Gasteiger partial charge in [-0.2, -0.15) is 0 Å². The van der Waals surface area contributed by atoms with Crippen molar-refractivity contribution in [3.8, 4) is 0 Å². The quantitative estimate of drug-likeness (QED) is 0.733. The van der Waals surface area contributed by atoms with E-state index in [1.165, 1.54) is 45.2 Å². The van der Waals surface area contributed by atoms with Crippen LogP contribution >= 0.6 is 0 Å². The fraction of sp³-hybridized carbons (Fsp3) is 1.00. The zero-order chi connectivity index (χ0) is 13.4. The molecule has 0 aromatic carbocycles. The van der Waals surface area contributed by atoms with Gasteiger partial charge < -0.3 is 15.3 Å². The van der Waals surface area contributed by atoms with Gasteiger partial charge in [-0.05, 0) is 65.2 Å². The van der Waals surface area contributed by atoms with Gasteiger partial charge in [0.1, 0.15) is 0 Å². The molecule has 0 spiro atoms. The minimum absolute atomic E-state index is 0.116. The molecule has 0 aromatic heterocycles. The van der Waals surface area contributed by atoms with Crippen LogP contribution < -0.4 is 5.32 Å². The molecule has 1 saturated heterocycles. The van der Waals surface area contributed by atoms with E-state index in [1.807, 2.05) is 7.05 Å². The second-order valence-corrected chi connectivity index (χ2v) is 6.15. The molecule has 3 nitrogen and oxygen atoms in total. The molecule has 1 heterocycles. The summed E-state index contributed by atoms with van der Waals surface area (Å²) in [4.78, 5) is 2.58. The van der Waals surface area contributed by atoms with Crippen molar-refractivity contribution in [3.63, 3.8) is 0 Å². The molecule has 0 saturated carbocycles. The third-order valence-corrected chi connectivity index (χ3v) is 4.57. The van der Waals surface area contributed by atoms with Crippen molar-refractivity contribution in [2.75, 3.05) is 33.3 Å². The van der Waals surface area contributed by atoms with E-state index in [9.17, 15) is 5.11 Å². The van der Waals surface area contributed by atoms with Crippen LogP contribution in [0.5, 0.6) is 0 Å². The Balaban J connectivity index is 2.31. The van der Waals surface area contributed by atoms with Gasteiger partial charge >= 0.3 is 0 Å². The lowest BCUT2D eigenvalue weighted by Crippen LogP contribution is -2.46. The van der Waals surface area contributed by atoms with Crippen LogP contribution in [0, 0.1) is 5.92 Å². The molecule has 1 fully saturated rings. The average Bonchev–Trinajstić information content (AvgIpc) is 2.62. The maximum Gasteiger partial charge on any atom is 0.0610 e. The number of aliphatic hydroxyl groups excluding tert-OH is 1. The van der Waals surface area contributed by atoms with Crippen LogP contribution in [0.25, 0.3) is 0 Å². The molecule has 1 aliphatic heterocycles. The van der Waals surface area contributed by atoms with Crippen LogP contribution in [0.2, 0.25) is 0 Å². The summed E-state index contributed by atoms with van der Waals surface area (Å²) in [6.07, 6.45) is 7.88. The minimum Gasteiger partial charge on any atom is -0.394 e. The third-order valence-electron chi connectivity index (χ3n) is 4.57. The van der Waals surface area contributed by atoms with Crippen LogP contribution in [0.4, 0.5) is 0 Å². The summed E-state index contributed by atoms with van der Waals surface area (Å²) in [6, 6.07) is 0. The van der Waals surface area contributed by atoms with E-state index in [4.69, 9.17) is 0 Å². The Labute approximate surface area is 113 Å². The molecule has 0 amide bonds. The van der Waals surface area contributed by atoms with Crippen molar-refractivity contribution in [3.05, 3.63) is 0 Å². The highest BCUT2D eigenvalue weighted by Crippen LogP contribution is 2.22. The van der Waals surface area contributed by atoms with E-state index >= 15 is 0 Å². The van der Waals surface area contributed by atoms with E-state index in [2.05, 4.69) is 24.1 Å². The summed E-state index contributed by atoms with van der Waals surface area (Å²) in [5.74, 6) is 0.952. The summed E-state index contributed by atoms with van der Waals surface area (Å²) in [7, 11) is 1.94. The Kier molecular flexibility index (Phi) is 7.20. The number of nitrogens with zero attached hydrogens (tertiary/aromatic N) is 1. The van der Waals surface area contributed by atoms with Gasteiger partial charge in [0.15, 0.2) is 0 Å². The highest BCUT2D eigenvalue weighted by Gasteiger charge is 2.23. The zero-order valence-corrected chi connectivity index (χ0v) is 12.5. The van der Waals surface area contributed by atoms with E-state index in [0.29, 0.717) is 0 Å². The van der Waals surface area contributed by atoms with E-state index < -0.39 is 0 Å². The SMILES string of the molecule is CCCC1CCCN(CCC(C)(CO)NC)CC1. The van der Waals surface area contributed by atoms with Crippen molar-refractivity contribution in [2.45, 2.75) is 57.9 Å². The number of hydrogen-bond donors (Lipinski definition) is 2. The van der Waals surface area contributed by atoms with E-state index in [1.54, 1.807) is 0 Å². The molecule has 108 valence electrons. The van der Waals surface area contributed by atoms with Crippen molar-refractivity contribution >= 4 is 0 Å². The number of hydrogen-bond acceptors (Lipinski definition) is 3. The molecular weight excluding hydrogens is 224 g/mol. The van der Waals surface area contributed by atoms with E-state index in [-0.39, 0.29) is 12.1 Å². The Hall–Kier alpha value is -0.120. The molecule has 0 aliphatic carbocycles. The number of nitrogens with one attached hydrogen (secondary N) is 1. The first-order chi connectivity index (χ1) is 8.63. The maximum atomic E-state index is 9.40. The first-order valence-corrected chi connectivity index (χ1v) is 7.65. The molecule has 1 rings (SSSR count). The van der Waals surface area contributed by atoms with E-state index in [0.717, 1.165) is 18.9 Å². The van der Waals surface area contributed by atoms with Gasteiger partial charge in [0, 0.05) is 5.54 Å². The molecule has 18 heavy (non-hydrogen) atoms. The van der Waals surface area contributed by atoms with Crippen LogP contribution in [0.3, 0.4) is 0 Å². The molecule has 0 radical (unpaired) electrons. The Morgan fingerprint density at radius 2 is 2.11 bits per heavy atom. The topological polar surface area (TPSA) is 35.5 Å². The smallest absolute Gasteiger partial charge is 0.0610 e.